The summed E-state index contributed by atoms with van der Waals surface area (Å²) >= 11 is 0. The highest BCUT2D eigenvalue weighted by Gasteiger charge is 2.24. The number of hydrogen-bond donors (Lipinski definition) is 1. The Bertz CT molecular complexity index is 700. The lowest BCUT2D eigenvalue weighted by Gasteiger charge is -2.13. The Morgan fingerprint density at radius 3 is 2.67 bits per heavy atom. The van der Waals surface area contributed by atoms with E-state index in [1.807, 2.05) is 0 Å². The van der Waals surface area contributed by atoms with Crippen molar-refractivity contribution in [2.24, 2.45) is 0 Å². The molecule has 0 radical (unpaired) electrons. The average molecular weight is 297 g/mol. The smallest absolute Gasteiger partial charge is 0.312 e. The molecule has 6 nitrogen and oxygen atoms in total. The molecule has 1 atom stereocenters. The van der Waals surface area contributed by atoms with Crippen molar-refractivity contribution >= 4 is 5.69 Å². The minimum absolute atomic E-state index is 0.151. The van der Waals surface area contributed by atoms with Gasteiger partial charge >= 0.3 is 5.69 Å². The van der Waals surface area contributed by atoms with Crippen LogP contribution < -0.4 is 0 Å². The quantitative estimate of drug-likeness (QED) is 0.694. The van der Waals surface area contributed by atoms with Crippen molar-refractivity contribution in [1.29, 1.82) is 0 Å². The van der Waals surface area contributed by atoms with Crippen molar-refractivity contribution in [3.63, 3.8) is 0 Å². The number of aromatic nitrogens is 2. The van der Waals surface area contributed by atoms with Gasteiger partial charge in [-0.25, -0.2) is 8.78 Å². The summed E-state index contributed by atoms with van der Waals surface area (Å²) in [5.74, 6) is -1.43. The molecule has 1 heterocycles. The van der Waals surface area contributed by atoms with Gasteiger partial charge in [-0.05, 0) is 32.0 Å². The van der Waals surface area contributed by atoms with Crippen LogP contribution in [-0.4, -0.2) is 19.8 Å². The van der Waals surface area contributed by atoms with Gasteiger partial charge in [0.1, 0.15) is 29.1 Å². The highest BCUT2D eigenvalue weighted by molar-refractivity contribution is 5.39. The van der Waals surface area contributed by atoms with Gasteiger partial charge in [0.05, 0.1) is 11.5 Å². The summed E-state index contributed by atoms with van der Waals surface area (Å²) in [6.45, 7) is 2.74. The molecule has 0 aliphatic carbocycles. The van der Waals surface area contributed by atoms with Gasteiger partial charge in [-0.15, -0.1) is 0 Å². The zero-order valence-corrected chi connectivity index (χ0v) is 11.4. The number of hydrogen-bond acceptors (Lipinski definition) is 4. The Morgan fingerprint density at radius 1 is 1.43 bits per heavy atom. The van der Waals surface area contributed by atoms with Crippen molar-refractivity contribution in [2.75, 3.05) is 0 Å². The maximum absolute atomic E-state index is 13.6. The van der Waals surface area contributed by atoms with Gasteiger partial charge in [0, 0.05) is 5.56 Å². The second-order valence-electron chi connectivity index (χ2n) is 4.64. The Kier molecular flexibility index (Phi) is 3.99. The van der Waals surface area contributed by atoms with E-state index in [-0.39, 0.29) is 29.2 Å². The molecule has 0 fully saturated rings. The summed E-state index contributed by atoms with van der Waals surface area (Å²) in [6.07, 6.45) is -1.36. The predicted octanol–water partition coefficient (Wildman–Crippen LogP) is 2.42. The minimum Gasteiger partial charge on any atom is -0.386 e. The molecule has 8 heteroatoms. The highest BCUT2D eigenvalue weighted by Crippen LogP contribution is 2.25. The molecular weight excluding hydrogens is 284 g/mol. The van der Waals surface area contributed by atoms with E-state index in [4.69, 9.17) is 0 Å². The van der Waals surface area contributed by atoms with E-state index in [1.165, 1.54) is 18.5 Å². The van der Waals surface area contributed by atoms with Crippen LogP contribution in [0.25, 0.3) is 0 Å². The van der Waals surface area contributed by atoms with Crippen LogP contribution in [0.1, 0.15) is 23.1 Å². The number of benzene rings is 1. The number of aliphatic hydroxyl groups excluding tert-OH is 1. The zero-order chi connectivity index (χ0) is 15.7. The summed E-state index contributed by atoms with van der Waals surface area (Å²) < 4.78 is 27.9. The monoisotopic (exact) mass is 297 g/mol. The molecular formula is C13H13F2N3O3. The number of aryl methyl sites for hydroxylation is 1. The summed E-state index contributed by atoms with van der Waals surface area (Å²) in [6, 6.07) is 2.75. The maximum atomic E-state index is 13.6. The van der Waals surface area contributed by atoms with Gasteiger partial charge in [0.25, 0.3) is 0 Å². The second kappa shape index (κ2) is 5.57. The highest BCUT2D eigenvalue weighted by atomic mass is 19.1. The molecule has 0 amide bonds. The molecule has 2 aromatic rings. The maximum Gasteiger partial charge on any atom is 0.312 e. The lowest BCUT2D eigenvalue weighted by atomic mass is 10.1. The van der Waals surface area contributed by atoms with Crippen molar-refractivity contribution < 1.29 is 18.8 Å². The van der Waals surface area contributed by atoms with E-state index in [1.54, 1.807) is 0 Å². The summed E-state index contributed by atoms with van der Waals surface area (Å²) in [5, 5.41) is 24.8. The molecule has 0 saturated heterocycles. The van der Waals surface area contributed by atoms with Crippen molar-refractivity contribution in [1.82, 2.24) is 9.78 Å². The number of rotatable bonds is 4. The SMILES string of the molecule is Cc1nn(C[C@H](O)c2cc(F)ccc2F)c(C)c1[N+](=O)[O-]. The molecule has 0 aliphatic rings. The fraction of sp³-hybridized carbons (Fsp3) is 0.308. The third-order valence-corrected chi connectivity index (χ3v) is 3.19. The van der Waals surface area contributed by atoms with Gasteiger partial charge in [0.2, 0.25) is 0 Å². The lowest BCUT2D eigenvalue weighted by molar-refractivity contribution is -0.386. The summed E-state index contributed by atoms with van der Waals surface area (Å²) in [7, 11) is 0. The molecule has 1 aromatic carbocycles. The topological polar surface area (TPSA) is 81.2 Å². The summed E-state index contributed by atoms with van der Waals surface area (Å²) in [5.41, 5.74) is 0.0740. The van der Waals surface area contributed by atoms with Crippen LogP contribution in [-0.2, 0) is 6.54 Å². The third kappa shape index (κ3) is 2.89. The van der Waals surface area contributed by atoms with Crippen LogP contribution in [0, 0.1) is 35.6 Å². The number of nitro groups is 1. The fourth-order valence-electron chi connectivity index (χ4n) is 2.16. The molecule has 0 saturated carbocycles. The molecule has 1 N–H and O–H groups in total. The zero-order valence-electron chi connectivity index (χ0n) is 11.4. The Balaban J connectivity index is 2.32. The van der Waals surface area contributed by atoms with Crippen LogP contribution in [0.5, 0.6) is 0 Å². The molecule has 0 aliphatic heterocycles. The van der Waals surface area contributed by atoms with Crippen LogP contribution in [0.4, 0.5) is 14.5 Å². The normalized spacial score (nSPS) is 12.4. The van der Waals surface area contributed by atoms with Crippen LogP contribution >= 0.6 is 0 Å². The molecule has 1 aromatic heterocycles. The molecule has 0 bridgehead atoms. The third-order valence-electron chi connectivity index (χ3n) is 3.19. The predicted molar refractivity (Wildman–Crippen MR) is 69.7 cm³/mol. The van der Waals surface area contributed by atoms with E-state index in [0.29, 0.717) is 0 Å². The van der Waals surface area contributed by atoms with E-state index in [0.717, 1.165) is 18.2 Å². The van der Waals surface area contributed by atoms with E-state index < -0.39 is 22.7 Å². The first-order valence-corrected chi connectivity index (χ1v) is 6.12. The van der Waals surface area contributed by atoms with Crippen molar-refractivity contribution in [2.45, 2.75) is 26.5 Å². The minimum atomic E-state index is -1.36. The Hall–Kier alpha value is -2.35. The van der Waals surface area contributed by atoms with Gasteiger partial charge in [-0.1, -0.05) is 0 Å². The van der Waals surface area contributed by atoms with Crippen LogP contribution in [0.2, 0.25) is 0 Å². The first-order chi connectivity index (χ1) is 9.81. The molecule has 2 rings (SSSR count). The molecule has 21 heavy (non-hydrogen) atoms. The average Bonchev–Trinajstić information content (AvgIpc) is 2.67. The first kappa shape index (κ1) is 15.0. The molecule has 0 spiro atoms. The van der Waals surface area contributed by atoms with Crippen molar-refractivity contribution in [3.8, 4) is 0 Å². The van der Waals surface area contributed by atoms with Crippen LogP contribution in [0.15, 0.2) is 18.2 Å². The first-order valence-electron chi connectivity index (χ1n) is 6.12. The second-order valence-corrected chi connectivity index (χ2v) is 4.64. The van der Waals surface area contributed by atoms with Gasteiger partial charge in [-0.2, -0.15) is 5.10 Å². The molecule has 112 valence electrons. The Morgan fingerprint density at radius 2 is 2.10 bits per heavy atom. The van der Waals surface area contributed by atoms with Gasteiger partial charge < -0.3 is 5.11 Å². The van der Waals surface area contributed by atoms with Gasteiger partial charge in [0.15, 0.2) is 0 Å². The van der Waals surface area contributed by atoms with E-state index in [9.17, 15) is 24.0 Å². The number of nitrogens with zero attached hydrogens (tertiary/aromatic N) is 3. The standard InChI is InChI=1S/C13H13F2N3O3/c1-7-13(18(20)21)8(2)17(16-7)6-12(19)10-5-9(14)3-4-11(10)15/h3-5,12,19H,6H2,1-2H3/t12-/m0/s1. The number of aliphatic hydroxyl groups is 1. The fourth-order valence-corrected chi connectivity index (χ4v) is 2.16. The largest absolute Gasteiger partial charge is 0.386 e. The molecule has 0 unspecified atom stereocenters. The van der Waals surface area contributed by atoms with E-state index >= 15 is 0 Å². The van der Waals surface area contributed by atoms with Crippen LogP contribution in [0.3, 0.4) is 0 Å². The van der Waals surface area contributed by atoms with E-state index in [2.05, 4.69) is 5.10 Å². The summed E-state index contributed by atoms with van der Waals surface area (Å²) in [4.78, 5) is 10.3. The van der Waals surface area contributed by atoms with Gasteiger partial charge in [-0.3, -0.25) is 14.8 Å². The number of halogens is 2. The lowest BCUT2D eigenvalue weighted by Crippen LogP contribution is -2.13. The Labute approximate surface area is 118 Å². The van der Waals surface area contributed by atoms with Crippen molar-refractivity contribution in [3.05, 3.63) is 56.9 Å².